The SMILES string of the molecule is CS(=O)(=O)N1CCc2cc(C(=O)N3CCCC3c3ccc(F)cc3)ccc21. The Labute approximate surface area is 158 Å². The number of anilines is 1. The molecule has 1 fully saturated rings. The van der Waals surface area contributed by atoms with E-state index < -0.39 is 10.0 Å². The van der Waals surface area contributed by atoms with Gasteiger partial charge in [-0.25, -0.2) is 12.8 Å². The highest BCUT2D eigenvalue weighted by molar-refractivity contribution is 7.92. The summed E-state index contributed by atoms with van der Waals surface area (Å²) in [6.07, 6.45) is 3.55. The summed E-state index contributed by atoms with van der Waals surface area (Å²) in [7, 11) is -3.31. The number of carbonyl (C=O) groups is 1. The summed E-state index contributed by atoms with van der Waals surface area (Å²) in [4.78, 5) is 14.9. The Balaban J connectivity index is 1.60. The largest absolute Gasteiger partial charge is 0.332 e. The Morgan fingerprint density at radius 2 is 1.85 bits per heavy atom. The van der Waals surface area contributed by atoms with Crippen LogP contribution in [-0.2, 0) is 16.4 Å². The van der Waals surface area contributed by atoms with Crippen LogP contribution in [0.3, 0.4) is 0 Å². The molecule has 2 aliphatic heterocycles. The first-order valence-corrected chi connectivity index (χ1v) is 10.9. The van der Waals surface area contributed by atoms with Gasteiger partial charge in [-0.15, -0.1) is 0 Å². The standard InChI is InChI=1S/C20H21FN2O3S/c1-27(25,26)23-12-10-15-13-16(6-9-19(15)23)20(24)22-11-2-3-18(22)14-4-7-17(21)8-5-14/h4-9,13,18H,2-3,10-12H2,1H3. The second-order valence-corrected chi connectivity index (χ2v) is 9.04. The molecule has 2 aromatic rings. The zero-order valence-electron chi connectivity index (χ0n) is 15.1. The van der Waals surface area contributed by atoms with E-state index >= 15 is 0 Å². The normalized spacial score (nSPS) is 19.4. The number of benzene rings is 2. The molecule has 1 amide bonds. The van der Waals surface area contributed by atoms with Gasteiger partial charge in [0.1, 0.15) is 5.82 Å². The van der Waals surface area contributed by atoms with Crippen molar-refractivity contribution in [3.05, 3.63) is 65.0 Å². The van der Waals surface area contributed by atoms with Crippen LogP contribution in [0, 0.1) is 5.82 Å². The van der Waals surface area contributed by atoms with Crippen LogP contribution in [0.2, 0.25) is 0 Å². The maximum atomic E-state index is 13.2. The van der Waals surface area contributed by atoms with Gasteiger partial charge >= 0.3 is 0 Å². The van der Waals surface area contributed by atoms with Crippen molar-refractivity contribution >= 4 is 21.6 Å². The Morgan fingerprint density at radius 3 is 2.56 bits per heavy atom. The summed E-state index contributed by atoms with van der Waals surface area (Å²) in [5.41, 5.74) is 3.04. The summed E-state index contributed by atoms with van der Waals surface area (Å²) in [6.45, 7) is 1.07. The molecular formula is C20H21FN2O3S. The molecule has 0 radical (unpaired) electrons. The van der Waals surface area contributed by atoms with E-state index in [9.17, 15) is 17.6 Å². The number of hydrogen-bond acceptors (Lipinski definition) is 3. The molecule has 0 aromatic heterocycles. The molecule has 142 valence electrons. The van der Waals surface area contributed by atoms with Gasteiger partial charge in [0.2, 0.25) is 10.0 Å². The van der Waals surface area contributed by atoms with Gasteiger partial charge in [-0.05, 0) is 60.7 Å². The monoisotopic (exact) mass is 388 g/mol. The van der Waals surface area contributed by atoms with Gasteiger partial charge < -0.3 is 4.90 Å². The van der Waals surface area contributed by atoms with Crippen molar-refractivity contribution in [3.8, 4) is 0 Å². The number of rotatable bonds is 3. The third-order valence-electron chi connectivity index (χ3n) is 5.35. The lowest BCUT2D eigenvalue weighted by Crippen LogP contribution is -2.30. The molecule has 0 aliphatic carbocycles. The van der Waals surface area contributed by atoms with E-state index in [1.807, 2.05) is 11.0 Å². The Bertz CT molecular complexity index is 989. The summed E-state index contributed by atoms with van der Waals surface area (Å²) in [6, 6.07) is 11.5. The number of likely N-dealkylation sites (tertiary alicyclic amines) is 1. The molecule has 0 spiro atoms. The fraction of sp³-hybridized carbons (Fsp3) is 0.350. The van der Waals surface area contributed by atoms with Crippen LogP contribution in [0.4, 0.5) is 10.1 Å². The summed E-state index contributed by atoms with van der Waals surface area (Å²) in [5.74, 6) is -0.355. The first kappa shape index (κ1) is 18.0. The van der Waals surface area contributed by atoms with Crippen molar-refractivity contribution in [3.63, 3.8) is 0 Å². The molecule has 7 heteroatoms. The van der Waals surface area contributed by atoms with Gasteiger partial charge in [-0.1, -0.05) is 12.1 Å². The van der Waals surface area contributed by atoms with E-state index in [0.717, 1.165) is 24.0 Å². The van der Waals surface area contributed by atoms with Crippen LogP contribution >= 0.6 is 0 Å². The Morgan fingerprint density at radius 1 is 1.11 bits per heavy atom. The summed E-state index contributed by atoms with van der Waals surface area (Å²) < 4.78 is 38.3. The first-order chi connectivity index (χ1) is 12.8. The quantitative estimate of drug-likeness (QED) is 0.812. The van der Waals surface area contributed by atoms with Gasteiger partial charge in [-0.3, -0.25) is 9.10 Å². The number of halogens is 1. The van der Waals surface area contributed by atoms with Crippen LogP contribution < -0.4 is 4.31 Å². The molecular weight excluding hydrogens is 367 g/mol. The van der Waals surface area contributed by atoms with Crippen molar-refractivity contribution in [1.29, 1.82) is 0 Å². The minimum Gasteiger partial charge on any atom is -0.332 e. The molecule has 2 aliphatic rings. The fourth-order valence-electron chi connectivity index (χ4n) is 4.06. The number of fused-ring (bicyclic) bond motifs is 1. The first-order valence-electron chi connectivity index (χ1n) is 9.02. The van der Waals surface area contributed by atoms with Crippen molar-refractivity contribution in [1.82, 2.24) is 4.90 Å². The summed E-state index contributed by atoms with van der Waals surface area (Å²) >= 11 is 0. The average Bonchev–Trinajstić information content (AvgIpc) is 3.27. The molecule has 1 atom stereocenters. The lowest BCUT2D eigenvalue weighted by atomic mass is 10.0. The smallest absolute Gasteiger partial charge is 0.254 e. The maximum absolute atomic E-state index is 13.2. The van der Waals surface area contributed by atoms with Gasteiger partial charge in [0.05, 0.1) is 18.0 Å². The van der Waals surface area contributed by atoms with E-state index in [1.54, 1.807) is 24.3 Å². The molecule has 1 saturated heterocycles. The van der Waals surface area contributed by atoms with Crippen molar-refractivity contribution in [2.75, 3.05) is 23.7 Å². The van der Waals surface area contributed by atoms with Crippen LogP contribution in [-0.4, -0.2) is 38.6 Å². The van der Waals surface area contributed by atoms with Gasteiger partial charge in [0, 0.05) is 18.7 Å². The fourth-order valence-corrected chi connectivity index (χ4v) is 5.01. The molecule has 1 unspecified atom stereocenters. The van der Waals surface area contributed by atoms with E-state index in [1.165, 1.54) is 22.7 Å². The predicted octanol–water partition coefficient (Wildman–Crippen LogP) is 3.13. The van der Waals surface area contributed by atoms with Crippen molar-refractivity contribution < 1.29 is 17.6 Å². The number of carbonyl (C=O) groups excluding carboxylic acids is 1. The van der Waals surface area contributed by atoms with E-state index in [0.29, 0.717) is 30.8 Å². The Hall–Kier alpha value is -2.41. The van der Waals surface area contributed by atoms with Gasteiger partial charge in [0.25, 0.3) is 5.91 Å². The van der Waals surface area contributed by atoms with Crippen LogP contribution in [0.1, 0.15) is 40.4 Å². The second kappa shape index (κ2) is 6.64. The van der Waals surface area contributed by atoms with E-state index in [-0.39, 0.29) is 17.8 Å². The highest BCUT2D eigenvalue weighted by Gasteiger charge is 2.32. The van der Waals surface area contributed by atoms with Crippen LogP contribution in [0.25, 0.3) is 0 Å². The lowest BCUT2D eigenvalue weighted by Gasteiger charge is -2.25. The molecule has 2 heterocycles. The predicted molar refractivity (Wildman–Crippen MR) is 102 cm³/mol. The minimum absolute atomic E-state index is 0.0566. The van der Waals surface area contributed by atoms with Gasteiger partial charge in [0.15, 0.2) is 0 Å². The number of amides is 1. The number of nitrogens with zero attached hydrogens (tertiary/aromatic N) is 2. The average molecular weight is 388 g/mol. The topological polar surface area (TPSA) is 57.7 Å². The zero-order valence-corrected chi connectivity index (χ0v) is 15.9. The molecule has 27 heavy (non-hydrogen) atoms. The van der Waals surface area contributed by atoms with Crippen LogP contribution in [0.15, 0.2) is 42.5 Å². The Kier molecular flexibility index (Phi) is 4.42. The molecule has 5 nitrogen and oxygen atoms in total. The molecule has 0 saturated carbocycles. The summed E-state index contributed by atoms with van der Waals surface area (Å²) in [5, 5.41) is 0. The molecule has 2 aromatic carbocycles. The third-order valence-corrected chi connectivity index (χ3v) is 6.53. The number of hydrogen-bond donors (Lipinski definition) is 0. The van der Waals surface area contributed by atoms with Crippen LogP contribution in [0.5, 0.6) is 0 Å². The van der Waals surface area contributed by atoms with Crippen molar-refractivity contribution in [2.24, 2.45) is 0 Å². The highest BCUT2D eigenvalue weighted by Crippen LogP contribution is 2.35. The lowest BCUT2D eigenvalue weighted by molar-refractivity contribution is 0.0735. The van der Waals surface area contributed by atoms with Gasteiger partial charge in [-0.2, -0.15) is 0 Å². The number of sulfonamides is 1. The molecule has 0 bridgehead atoms. The zero-order chi connectivity index (χ0) is 19.2. The molecule has 0 N–H and O–H groups in total. The highest BCUT2D eigenvalue weighted by atomic mass is 32.2. The maximum Gasteiger partial charge on any atom is 0.254 e. The van der Waals surface area contributed by atoms with E-state index in [2.05, 4.69) is 0 Å². The van der Waals surface area contributed by atoms with Crippen molar-refractivity contribution in [2.45, 2.75) is 25.3 Å². The minimum atomic E-state index is -3.31. The molecule has 4 rings (SSSR count). The third kappa shape index (κ3) is 3.32. The van der Waals surface area contributed by atoms with E-state index in [4.69, 9.17) is 0 Å². The second-order valence-electron chi connectivity index (χ2n) is 7.14.